The minimum Gasteiger partial charge on any atom is -0.449 e. The van der Waals surface area contributed by atoms with Gasteiger partial charge in [-0.25, -0.2) is 60.1 Å². The summed E-state index contributed by atoms with van der Waals surface area (Å²) in [6, 6.07) is 1.24. The summed E-state index contributed by atoms with van der Waals surface area (Å²) in [7, 11) is -18.5. The molecule has 0 bridgehead atoms. The van der Waals surface area contributed by atoms with Crippen molar-refractivity contribution in [1.29, 1.82) is 0 Å². The van der Waals surface area contributed by atoms with E-state index in [0.717, 1.165) is 37.5 Å². The van der Waals surface area contributed by atoms with Gasteiger partial charge >= 0.3 is 29.4 Å². The number of alkyl carbamates (subject to hydrolysis) is 1. The van der Waals surface area contributed by atoms with Crippen LogP contribution < -0.4 is 58.5 Å². The summed E-state index contributed by atoms with van der Waals surface area (Å²) in [6.45, 7) is 22.9. The number of esters is 2. The van der Waals surface area contributed by atoms with E-state index in [9.17, 15) is 103 Å². The Morgan fingerprint density at radius 3 is 0.910 bits per heavy atom. The second-order valence-corrected chi connectivity index (χ2v) is 40.0. The molecule has 0 rings (SSSR count). The molecular formula is C63H125N11O30S7. The summed E-state index contributed by atoms with van der Waals surface area (Å²) in [5, 5.41) is 29.1. The predicted octanol–water partition coefficient (Wildman–Crippen LogP) is -2.11. The van der Waals surface area contributed by atoms with Crippen molar-refractivity contribution in [2.24, 2.45) is 0 Å². The van der Waals surface area contributed by atoms with Crippen molar-refractivity contribution in [3.63, 3.8) is 0 Å². The minimum absolute atomic E-state index is 0.00199. The Hall–Kier alpha value is -6.48. The van der Waals surface area contributed by atoms with Gasteiger partial charge in [0.05, 0.1) is 47.7 Å². The van der Waals surface area contributed by atoms with E-state index in [1.165, 1.54) is 0 Å². The summed E-state index contributed by atoms with van der Waals surface area (Å²) < 4.78 is 163. The van der Waals surface area contributed by atoms with Crippen LogP contribution in [0.1, 0.15) is 141 Å². The molecule has 0 aliphatic heterocycles. The molecule has 0 radical (unpaired) electrons. The van der Waals surface area contributed by atoms with Crippen LogP contribution in [0.25, 0.3) is 0 Å². The Balaban J connectivity index is -0.000000298. The van der Waals surface area contributed by atoms with Crippen molar-refractivity contribution in [3.05, 3.63) is 0 Å². The Morgan fingerprint density at radius 2 is 0.586 bits per heavy atom. The summed E-state index contributed by atoms with van der Waals surface area (Å²) >= 11 is 4.76. The zero-order valence-corrected chi connectivity index (χ0v) is 72.9. The standard InChI is InChI=1S/C11H22N2O5S.C11H21NO6S.C11H21NO5S2.C10H21N3O4S.2C10H20N2O5S/c1-9(2)13-8-18-11(15)12-7-10(14)5-4-6-19(3,16)17;1-9(2)12-8-18-11(14)17-7-10(13)5-4-6-19(3,15)16;1-9(2)12-8-17-11(18)16-7-10(13)5-4-6-19(3,14)15;1-8(2)12-7-13-10(15)6-9(14)11-4-5-18(3,16)17;2*1-8(2)12-7-17-10(14)6-9(13)11-4-5-18(3,15)16/h9,13H,4-8H2,1-3H3,(H,12,15);2*9,12H,4-8H2,1-3H3;8,12H,4-7H2,1-3H3,(H,11,14)(H,13,15);2*8,12H,4-7H2,1-3H3,(H,11,13). The molecule has 0 fully saturated rings. The van der Waals surface area contributed by atoms with Crippen molar-refractivity contribution in [1.82, 2.24) is 58.5 Å². The van der Waals surface area contributed by atoms with Crippen LogP contribution in [0.3, 0.4) is 0 Å². The average molecular weight is 1740 g/mol. The third-order valence-corrected chi connectivity index (χ3v) is 17.8. The van der Waals surface area contributed by atoms with E-state index in [-0.39, 0.29) is 198 Å². The number of hydrogen-bond acceptors (Lipinski definition) is 37. The van der Waals surface area contributed by atoms with Crippen LogP contribution in [0.5, 0.6) is 0 Å². The predicted molar refractivity (Wildman–Crippen MR) is 420 cm³/mol. The fraction of sp³-hybridized carbons (Fsp3) is 0.810. The summed E-state index contributed by atoms with van der Waals surface area (Å²) in [5.41, 5.74) is 0. The van der Waals surface area contributed by atoms with Gasteiger partial charge in [-0.15, -0.1) is 0 Å². The fourth-order valence-electron chi connectivity index (χ4n) is 6.04. The molecule has 48 heteroatoms. The van der Waals surface area contributed by atoms with E-state index in [2.05, 4.69) is 68.0 Å². The third kappa shape index (κ3) is 110. The largest absolute Gasteiger partial charge is 0.510 e. The minimum atomic E-state index is -3.11. The smallest absolute Gasteiger partial charge is 0.449 e. The molecule has 0 aliphatic rings. The third-order valence-electron chi connectivity index (χ3n) is 11.7. The van der Waals surface area contributed by atoms with Crippen LogP contribution in [0, 0.1) is 0 Å². The van der Waals surface area contributed by atoms with Crippen LogP contribution in [0.15, 0.2) is 0 Å². The maximum Gasteiger partial charge on any atom is 0.510 e. The van der Waals surface area contributed by atoms with Crippen molar-refractivity contribution >= 4 is 142 Å². The molecule has 0 aliphatic carbocycles. The molecule has 0 atom stereocenters. The Kier molecular flexibility index (Phi) is 68.5. The molecule has 41 nitrogen and oxygen atoms in total. The van der Waals surface area contributed by atoms with Gasteiger partial charge in [-0.1, -0.05) is 0 Å². The Morgan fingerprint density at radius 1 is 0.306 bits per heavy atom. The highest BCUT2D eigenvalue weighted by atomic mass is 32.2. The monoisotopic (exact) mass is 1740 g/mol. The highest BCUT2D eigenvalue weighted by Crippen LogP contribution is 2.01. The molecule has 0 aromatic rings. The SMILES string of the molecule is CC(C)NCNC(=O)CC(=O)NCCS(C)(=O)=O.CC(C)NCOC(=O)CC(=O)NCCS(C)(=O)=O.CC(C)NCOC(=O)CC(=O)NCCS(C)(=O)=O.CC(C)NCOC(=O)NCC(=O)CCCS(C)(=O)=O.CC(C)NCOC(=O)OCC(=O)CCCS(C)(=O)=O.CC(C)NCOC(=S)OCC(=O)CCCS(C)(=O)=O. The normalized spacial score (nSPS) is 11.4. The van der Waals surface area contributed by atoms with Gasteiger partial charge in [0.15, 0.2) is 30.6 Å². The lowest BCUT2D eigenvalue weighted by molar-refractivity contribution is -0.148. The second kappa shape index (κ2) is 65.9. The van der Waals surface area contributed by atoms with E-state index in [1.54, 1.807) is 0 Å². The molecule has 0 unspecified atom stereocenters. The number of sulfone groups is 6. The summed E-state index contributed by atoms with van der Waals surface area (Å²) in [6.07, 6.45) is 4.99. The number of Topliss-reactive ketones (excluding diaryl/α,β-unsaturated/α-hetero) is 3. The first-order valence-corrected chi connectivity index (χ1v) is 47.4. The van der Waals surface area contributed by atoms with Gasteiger partial charge in [0.2, 0.25) is 23.6 Å². The first-order chi connectivity index (χ1) is 50.7. The van der Waals surface area contributed by atoms with Crippen molar-refractivity contribution in [2.45, 2.75) is 177 Å². The topological polar surface area (TPSA) is 590 Å². The lowest BCUT2D eigenvalue weighted by atomic mass is 10.2. The number of ketones is 3. The number of amides is 5. The first kappa shape index (κ1) is 115. The molecule has 5 amide bonds. The fourth-order valence-corrected chi connectivity index (χ4v) is 9.58. The number of rotatable bonds is 51. The molecular weight excluding hydrogens is 1620 g/mol. The maximum atomic E-state index is 11.4. The number of ether oxygens (including phenoxy) is 7. The molecule has 0 aromatic heterocycles. The van der Waals surface area contributed by atoms with E-state index in [0.29, 0.717) is 13.1 Å². The van der Waals surface area contributed by atoms with Gasteiger partial charge in [-0.3, -0.25) is 75.1 Å². The number of hydrogen-bond donors (Lipinski definition) is 11. The highest BCUT2D eigenvalue weighted by molar-refractivity contribution is 7.91. The lowest BCUT2D eigenvalue weighted by Crippen LogP contribution is -2.39. The number of carbonyl (C=O) groups excluding carboxylic acids is 11. The van der Waals surface area contributed by atoms with E-state index in [4.69, 9.17) is 35.9 Å². The quantitative estimate of drug-likeness (QED) is 0.0102. The number of nitrogens with one attached hydrogen (secondary N) is 11. The summed E-state index contributed by atoms with van der Waals surface area (Å²) in [4.78, 5) is 123. The molecule has 654 valence electrons. The summed E-state index contributed by atoms with van der Waals surface area (Å²) in [5.74, 6) is -4.56. The molecule has 111 heavy (non-hydrogen) atoms. The number of thiocarbonyl (C=S) groups is 1. The molecule has 0 saturated carbocycles. The van der Waals surface area contributed by atoms with Crippen LogP contribution in [0.4, 0.5) is 9.59 Å². The van der Waals surface area contributed by atoms with Crippen molar-refractivity contribution in [3.8, 4) is 0 Å². The van der Waals surface area contributed by atoms with Crippen LogP contribution in [0.2, 0.25) is 0 Å². The number of carbonyl (C=O) groups is 11. The highest BCUT2D eigenvalue weighted by Gasteiger charge is 2.17. The van der Waals surface area contributed by atoms with E-state index in [1.807, 2.05) is 83.1 Å². The first-order valence-electron chi connectivity index (χ1n) is 34.6. The van der Waals surface area contributed by atoms with Crippen LogP contribution in [-0.2, 0) is 135 Å². The second-order valence-electron chi connectivity index (χ2n) is 26.1. The van der Waals surface area contributed by atoms with Gasteiger partial charge < -0.3 is 59.7 Å². The van der Waals surface area contributed by atoms with Gasteiger partial charge in [0.25, 0.3) is 0 Å². The van der Waals surface area contributed by atoms with E-state index < -0.39 is 126 Å². The van der Waals surface area contributed by atoms with Gasteiger partial charge in [-0.2, -0.15) is 0 Å². The molecule has 0 spiro atoms. The van der Waals surface area contributed by atoms with Crippen LogP contribution >= 0.6 is 12.2 Å². The Labute approximate surface area is 661 Å². The van der Waals surface area contributed by atoms with Crippen molar-refractivity contribution in [2.75, 3.05) is 152 Å². The lowest BCUT2D eigenvalue weighted by Gasteiger charge is -2.11. The van der Waals surface area contributed by atoms with Gasteiger partial charge in [0.1, 0.15) is 112 Å². The molecule has 0 heterocycles. The van der Waals surface area contributed by atoms with Gasteiger partial charge in [-0.05, 0) is 102 Å². The van der Waals surface area contributed by atoms with Crippen LogP contribution in [-0.4, -0.2) is 309 Å². The molecule has 0 aromatic carbocycles. The maximum absolute atomic E-state index is 11.4. The van der Waals surface area contributed by atoms with E-state index >= 15 is 0 Å². The average Bonchev–Trinajstić information content (AvgIpc) is 1.04. The zero-order chi connectivity index (χ0) is 87.2. The Bertz CT molecular complexity index is 3120. The zero-order valence-electron chi connectivity index (χ0n) is 67.2. The molecule has 0 saturated heterocycles. The van der Waals surface area contributed by atoms with Gasteiger partial charge in [0, 0.05) is 125 Å². The molecule has 11 N–H and O–H groups in total. The van der Waals surface area contributed by atoms with Crippen molar-refractivity contribution < 1.29 is 136 Å².